The highest BCUT2D eigenvalue weighted by molar-refractivity contribution is 9.10. The zero-order valence-electron chi connectivity index (χ0n) is 14.3. The number of ether oxygens (including phenoxy) is 1. The molecule has 1 N–H and O–H groups in total. The lowest BCUT2D eigenvalue weighted by molar-refractivity contribution is 0.0345. The number of aliphatic hydroxyl groups is 1. The molecule has 24 heavy (non-hydrogen) atoms. The summed E-state index contributed by atoms with van der Waals surface area (Å²) in [6, 6.07) is 6.34. The first-order valence-corrected chi connectivity index (χ1v) is 10.00. The highest BCUT2D eigenvalue weighted by Crippen LogP contribution is 2.31. The molecule has 0 aromatic heterocycles. The number of benzene rings is 1. The highest BCUT2D eigenvalue weighted by Gasteiger charge is 2.36. The van der Waals surface area contributed by atoms with Crippen LogP contribution in [0.15, 0.2) is 28.7 Å². The predicted octanol–water partition coefficient (Wildman–Crippen LogP) is 3.46. The molecule has 0 aliphatic rings. The van der Waals surface area contributed by atoms with Gasteiger partial charge in [0.1, 0.15) is 5.60 Å². The van der Waals surface area contributed by atoms with E-state index in [-0.39, 0.29) is 18.8 Å². The van der Waals surface area contributed by atoms with Gasteiger partial charge in [0, 0.05) is 11.1 Å². The third-order valence-electron chi connectivity index (χ3n) is 3.14. The second-order valence-electron chi connectivity index (χ2n) is 6.37. The maximum atomic E-state index is 12.6. The number of amides is 1. The first-order chi connectivity index (χ1) is 11.0. The largest absolute Gasteiger partial charge is 0.443 e. The second-order valence-corrected chi connectivity index (χ2v) is 9.19. The molecule has 1 aromatic carbocycles. The maximum Gasteiger partial charge on any atom is 0.424 e. The first-order valence-electron chi connectivity index (χ1n) is 7.60. The summed E-state index contributed by atoms with van der Waals surface area (Å²) in [6.45, 7) is 6.37. The van der Waals surface area contributed by atoms with Crippen LogP contribution < -0.4 is 0 Å². The molecular weight excluding hydrogens is 398 g/mol. The van der Waals surface area contributed by atoms with Gasteiger partial charge in [-0.3, -0.25) is 0 Å². The fourth-order valence-corrected chi connectivity index (χ4v) is 4.27. The molecule has 0 aliphatic heterocycles. The van der Waals surface area contributed by atoms with Gasteiger partial charge >= 0.3 is 6.09 Å². The van der Waals surface area contributed by atoms with Gasteiger partial charge in [0.25, 0.3) is 0 Å². The number of carbonyl (C=O) groups is 1. The summed E-state index contributed by atoms with van der Waals surface area (Å²) in [4.78, 5) is 12.5. The van der Waals surface area contributed by atoms with Gasteiger partial charge in [-0.2, -0.15) is 4.31 Å². The van der Waals surface area contributed by atoms with Gasteiger partial charge in [0.05, 0.1) is 11.8 Å². The lowest BCUT2D eigenvalue weighted by atomic mass is 10.1. The number of hydrogen-bond donors (Lipinski definition) is 1. The molecule has 0 aliphatic carbocycles. The Bertz CT molecular complexity index is 669. The molecule has 0 saturated heterocycles. The number of carbonyl (C=O) groups excluding carboxylic acids is 1. The van der Waals surface area contributed by atoms with Gasteiger partial charge in [-0.15, -0.1) is 0 Å². The fourth-order valence-electron chi connectivity index (χ4n) is 2.11. The number of halogens is 1. The molecule has 1 rings (SSSR count). The van der Waals surface area contributed by atoms with E-state index in [9.17, 15) is 13.2 Å². The Labute approximate surface area is 152 Å². The van der Waals surface area contributed by atoms with Crippen molar-refractivity contribution in [3.05, 3.63) is 34.3 Å². The van der Waals surface area contributed by atoms with Crippen LogP contribution in [0.2, 0.25) is 0 Å². The predicted molar refractivity (Wildman–Crippen MR) is 96.1 cm³/mol. The number of rotatable bonds is 6. The maximum absolute atomic E-state index is 12.6. The summed E-state index contributed by atoms with van der Waals surface area (Å²) < 4.78 is 32.0. The third-order valence-corrected chi connectivity index (χ3v) is 5.73. The second kappa shape index (κ2) is 8.31. The lowest BCUT2D eigenvalue weighted by Crippen LogP contribution is -2.43. The fraction of sp³-hybridized carbons (Fsp3) is 0.562. The Hall–Kier alpha value is -1.12. The van der Waals surface area contributed by atoms with Crippen LogP contribution in [0.4, 0.5) is 4.79 Å². The van der Waals surface area contributed by atoms with Crippen LogP contribution in [0.3, 0.4) is 0 Å². The van der Waals surface area contributed by atoms with Crippen LogP contribution in [0.5, 0.6) is 0 Å². The van der Waals surface area contributed by atoms with Crippen LogP contribution in [0.1, 0.15) is 45.7 Å². The average molecular weight is 422 g/mol. The number of sulfonamides is 1. The topological polar surface area (TPSA) is 83.9 Å². The van der Waals surface area contributed by atoms with Gasteiger partial charge in [-0.05, 0) is 45.7 Å². The Kier molecular flexibility index (Phi) is 7.25. The van der Waals surface area contributed by atoms with Gasteiger partial charge in [0.2, 0.25) is 10.0 Å². The van der Waals surface area contributed by atoms with E-state index in [1.165, 1.54) is 0 Å². The van der Waals surface area contributed by atoms with Crippen LogP contribution in [-0.2, 0) is 14.8 Å². The van der Waals surface area contributed by atoms with Crippen molar-refractivity contribution in [3.8, 4) is 0 Å². The van der Waals surface area contributed by atoms with Crippen molar-refractivity contribution in [3.63, 3.8) is 0 Å². The minimum absolute atomic E-state index is 0.0459. The molecular formula is C16H24BrNO5S. The number of aliphatic hydroxyl groups excluding tert-OH is 1. The highest BCUT2D eigenvalue weighted by atomic mass is 79.9. The van der Waals surface area contributed by atoms with Crippen molar-refractivity contribution in [1.29, 1.82) is 0 Å². The number of nitrogens with zero attached hydrogens (tertiary/aromatic N) is 1. The van der Waals surface area contributed by atoms with E-state index in [1.807, 2.05) is 0 Å². The summed E-state index contributed by atoms with van der Waals surface area (Å²) in [5.41, 5.74) is -0.175. The Balaban J connectivity index is 3.27. The SMILES string of the molecule is C[C@H](c1ccccc1Br)N(C(=O)OC(C)(C)C)S(=O)(=O)CCCO. The molecule has 136 valence electrons. The quantitative estimate of drug-likeness (QED) is 0.759. The Morgan fingerprint density at radius 3 is 2.42 bits per heavy atom. The lowest BCUT2D eigenvalue weighted by Gasteiger charge is -2.31. The molecule has 0 bridgehead atoms. The summed E-state index contributed by atoms with van der Waals surface area (Å²) in [5.74, 6) is -0.336. The molecule has 1 aromatic rings. The van der Waals surface area contributed by atoms with E-state index in [2.05, 4.69) is 15.9 Å². The van der Waals surface area contributed by atoms with Gasteiger partial charge < -0.3 is 9.84 Å². The molecule has 0 spiro atoms. The molecule has 8 heteroatoms. The van der Waals surface area contributed by atoms with E-state index in [0.717, 1.165) is 4.31 Å². The van der Waals surface area contributed by atoms with Crippen molar-refractivity contribution in [1.82, 2.24) is 4.31 Å². The van der Waals surface area contributed by atoms with Crippen molar-refractivity contribution in [2.75, 3.05) is 12.4 Å². The molecule has 0 saturated carbocycles. The molecule has 6 nitrogen and oxygen atoms in total. The van der Waals surface area contributed by atoms with Gasteiger partial charge in [-0.25, -0.2) is 13.2 Å². The summed E-state index contributed by atoms with van der Waals surface area (Å²) in [7, 11) is -3.94. The van der Waals surface area contributed by atoms with Crippen LogP contribution in [0.25, 0.3) is 0 Å². The Morgan fingerprint density at radius 1 is 1.33 bits per heavy atom. The van der Waals surface area contributed by atoms with Crippen LogP contribution >= 0.6 is 15.9 Å². The van der Waals surface area contributed by atoms with Crippen molar-refractivity contribution < 1.29 is 23.1 Å². The summed E-state index contributed by atoms with van der Waals surface area (Å²) >= 11 is 3.38. The van der Waals surface area contributed by atoms with E-state index in [0.29, 0.717) is 10.0 Å². The van der Waals surface area contributed by atoms with Gasteiger partial charge in [0.15, 0.2) is 0 Å². The molecule has 0 heterocycles. The average Bonchev–Trinajstić information content (AvgIpc) is 2.43. The third kappa shape index (κ3) is 5.75. The first kappa shape index (κ1) is 20.9. The summed E-state index contributed by atoms with van der Waals surface area (Å²) in [6.07, 6.45) is -0.881. The molecule has 1 amide bonds. The minimum atomic E-state index is -3.94. The molecule has 1 atom stereocenters. The standard InChI is InChI=1S/C16H24BrNO5S/c1-12(13-8-5-6-9-14(13)17)18(15(20)23-16(2,3)4)24(21,22)11-7-10-19/h5-6,8-9,12,19H,7,10-11H2,1-4H3/t12-/m1/s1. The van der Waals surface area contributed by atoms with Crippen molar-refractivity contribution in [2.24, 2.45) is 0 Å². The van der Waals surface area contributed by atoms with E-state index in [4.69, 9.17) is 9.84 Å². The normalized spacial score (nSPS) is 13.4. The monoisotopic (exact) mass is 421 g/mol. The molecule has 0 unspecified atom stereocenters. The van der Waals surface area contributed by atoms with Crippen molar-refractivity contribution >= 4 is 32.0 Å². The number of hydrogen-bond acceptors (Lipinski definition) is 5. The zero-order valence-corrected chi connectivity index (χ0v) is 16.7. The van der Waals surface area contributed by atoms with Crippen LogP contribution in [0, 0.1) is 0 Å². The minimum Gasteiger partial charge on any atom is -0.443 e. The Morgan fingerprint density at radius 2 is 1.92 bits per heavy atom. The molecule has 0 radical (unpaired) electrons. The van der Waals surface area contributed by atoms with Crippen LogP contribution in [-0.4, -0.2) is 41.9 Å². The van der Waals surface area contributed by atoms with E-state index >= 15 is 0 Å². The zero-order chi connectivity index (χ0) is 18.5. The smallest absolute Gasteiger partial charge is 0.424 e. The van der Waals surface area contributed by atoms with Crippen molar-refractivity contribution in [2.45, 2.75) is 45.8 Å². The molecule has 0 fully saturated rings. The summed E-state index contributed by atoms with van der Waals surface area (Å²) in [5, 5.41) is 8.93. The van der Waals surface area contributed by atoms with E-state index < -0.39 is 27.8 Å². The van der Waals surface area contributed by atoms with E-state index in [1.54, 1.807) is 52.0 Å². The van der Waals surface area contributed by atoms with Gasteiger partial charge in [-0.1, -0.05) is 34.1 Å².